The zero-order chi connectivity index (χ0) is 13.6. The molecular weight excluding hydrogens is 259 g/mol. The SMILES string of the molecule is CCC1(CC)c2cc(Cl)ccc2-c2cccc(F)c21. The predicted octanol–water partition coefficient (Wildman–Crippen LogP) is 5.57. The fourth-order valence-corrected chi connectivity index (χ4v) is 3.67. The summed E-state index contributed by atoms with van der Waals surface area (Å²) in [6, 6.07) is 11.3. The second-order valence-corrected chi connectivity index (χ2v) is 5.58. The van der Waals surface area contributed by atoms with E-state index in [9.17, 15) is 4.39 Å². The number of halogens is 2. The van der Waals surface area contributed by atoms with Crippen molar-refractivity contribution in [1.82, 2.24) is 0 Å². The van der Waals surface area contributed by atoms with Crippen molar-refractivity contribution in [2.75, 3.05) is 0 Å². The lowest BCUT2D eigenvalue weighted by molar-refractivity contribution is 0.460. The Balaban J connectivity index is 2.42. The van der Waals surface area contributed by atoms with Crippen molar-refractivity contribution in [3.8, 4) is 11.1 Å². The quantitative estimate of drug-likeness (QED) is 0.672. The summed E-state index contributed by atoms with van der Waals surface area (Å²) in [6.07, 6.45) is 1.76. The molecule has 0 fully saturated rings. The number of benzene rings is 2. The van der Waals surface area contributed by atoms with Gasteiger partial charge < -0.3 is 0 Å². The van der Waals surface area contributed by atoms with Gasteiger partial charge in [0.25, 0.3) is 0 Å². The number of hydrogen-bond acceptors (Lipinski definition) is 0. The topological polar surface area (TPSA) is 0 Å². The van der Waals surface area contributed by atoms with Gasteiger partial charge in [-0.25, -0.2) is 4.39 Å². The van der Waals surface area contributed by atoms with Crippen LogP contribution in [0.3, 0.4) is 0 Å². The van der Waals surface area contributed by atoms with E-state index in [-0.39, 0.29) is 11.2 Å². The lowest BCUT2D eigenvalue weighted by atomic mass is 9.74. The smallest absolute Gasteiger partial charge is 0.127 e. The highest BCUT2D eigenvalue weighted by Gasteiger charge is 2.42. The second kappa shape index (κ2) is 4.35. The van der Waals surface area contributed by atoms with Crippen molar-refractivity contribution in [1.29, 1.82) is 0 Å². The Morgan fingerprint density at radius 2 is 1.79 bits per heavy atom. The summed E-state index contributed by atoms with van der Waals surface area (Å²) in [4.78, 5) is 0. The zero-order valence-electron chi connectivity index (χ0n) is 11.1. The third-order valence-corrected chi connectivity index (χ3v) is 4.72. The van der Waals surface area contributed by atoms with E-state index < -0.39 is 0 Å². The van der Waals surface area contributed by atoms with Gasteiger partial charge >= 0.3 is 0 Å². The Morgan fingerprint density at radius 3 is 2.47 bits per heavy atom. The van der Waals surface area contributed by atoms with Gasteiger partial charge in [0.15, 0.2) is 0 Å². The molecule has 0 nitrogen and oxygen atoms in total. The molecular formula is C17H16ClF. The Morgan fingerprint density at radius 1 is 1.05 bits per heavy atom. The van der Waals surface area contributed by atoms with Gasteiger partial charge in [0.2, 0.25) is 0 Å². The molecule has 0 aliphatic heterocycles. The van der Waals surface area contributed by atoms with Crippen LogP contribution in [0.1, 0.15) is 37.8 Å². The molecule has 2 aromatic rings. The standard InChI is InChI=1S/C17H16ClF/c1-3-17(4-2)14-10-11(18)8-9-12(14)13-6-5-7-15(19)16(13)17/h5-10H,3-4H2,1-2H3. The van der Waals surface area contributed by atoms with Crippen LogP contribution in [-0.4, -0.2) is 0 Å². The lowest BCUT2D eigenvalue weighted by Crippen LogP contribution is -2.24. The largest absolute Gasteiger partial charge is 0.207 e. The summed E-state index contributed by atoms with van der Waals surface area (Å²) < 4.78 is 14.4. The van der Waals surface area contributed by atoms with E-state index in [1.165, 1.54) is 5.56 Å². The third kappa shape index (κ3) is 1.58. The highest BCUT2D eigenvalue weighted by atomic mass is 35.5. The fourth-order valence-electron chi connectivity index (χ4n) is 3.50. The first-order chi connectivity index (χ1) is 9.14. The maximum Gasteiger partial charge on any atom is 0.127 e. The molecule has 0 heterocycles. The van der Waals surface area contributed by atoms with Crippen molar-refractivity contribution in [2.24, 2.45) is 0 Å². The molecule has 0 radical (unpaired) electrons. The summed E-state index contributed by atoms with van der Waals surface area (Å²) >= 11 is 6.15. The summed E-state index contributed by atoms with van der Waals surface area (Å²) in [5, 5.41) is 0.721. The molecule has 2 heteroatoms. The van der Waals surface area contributed by atoms with E-state index in [0.717, 1.165) is 34.6 Å². The van der Waals surface area contributed by atoms with Gasteiger partial charge in [-0.05, 0) is 47.7 Å². The minimum atomic E-state index is -0.235. The molecule has 1 aliphatic rings. The highest BCUT2D eigenvalue weighted by molar-refractivity contribution is 6.30. The van der Waals surface area contributed by atoms with Crippen LogP contribution in [0.15, 0.2) is 36.4 Å². The molecule has 0 aromatic heterocycles. The lowest BCUT2D eigenvalue weighted by Gasteiger charge is -2.29. The highest BCUT2D eigenvalue weighted by Crippen LogP contribution is 2.53. The van der Waals surface area contributed by atoms with Gasteiger partial charge in [0.05, 0.1) is 0 Å². The summed E-state index contributed by atoms with van der Waals surface area (Å²) in [5.74, 6) is -0.103. The van der Waals surface area contributed by atoms with Crippen LogP contribution >= 0.6 is 11.6 Å². The van der Waals surface area contributed by atoms with E-state index in [1.807, 2.05) is 24.3 Å². The van der Waals surface area contributed by atoms with Crippen LogP contribution in [-0.2, 0) is 5.41 Å². The van der Waals surface area contributed by atoms with Crippen LogP contribution in [0.4, 0.5) is 4.39 Å². The number of fused-ring (bicyclic) bond motifs is 3. The second-order valence-electron chi connectivity index (χ2n) is 5.14. The van der Waals surface area contributed by atoms with Gasteiger partial charge in [-0.1, -0.05) is 43.6 Å². The number of rotatable bonds is 2. The molecule has 0 amide bonds. The normalized spacial score (nSPS) is 15.2. The van der Waals surface area contributed by atoms with Gasteiger partial charge in [-0.2, -0.15) is 0 Å². The summed E-state index contributed by atoms with van der Waals surface area (Å²) in [7, 11) is 0. The molecule has 0 atom stereocenters. The van der Waals surface area contributed by atoms with E-state index in [0.29, 0.717) is 0 Å². The van der Waals surface area contributed by atoms with Gasteiger partial charge in [0.1, 0.15) is 5.82 Å². The van der Waals surface area contributed by atoms with Gasteiger partial charge in [-0.3, -0.25) is 0 Å². The molecule has 0 N–H and O–H groups in total. The minimum Gasteiger partial charge on any atom is -0.207 e. The van der Waals surface area contributed by atoms with Crippen molar-refractivity contribution in [3.05, 3.63) is 58.4 Å². The fraction of sp³-hybridized carbons (Fsp3) is 0.294. The Bertz CT molecular complexity index is 642. The molecule has 19 heavy (non-hydrogen) atoms. The van der Waals surface area contributed by atoms with E-state index in [2.05, 4.69) is 13.8 Å². The van der Waals surface area contributed by atoms with Crippen molar-refractivity contribution >= 4 is 11.6 Å². The molecule has 0 saturated heterocycles. The first-order valence-electron chi connectivity index (χ1n) is 6.73. The Labute approximate surface area is 118 Å². The zero-order valence-corrected chi connectivity index (χ0v) is 11.9. The van der Waals surface area contributed by atoms with E-state index in [4.69, 9.17) is 11.6 Å². The average molecular weight is 275 g/mol. The molecule has 3 rings (SSSR count). The van der Waals surface area contributed by atoms with E-state index in [1.54, 1.807) is 12.1 Å². The molecule has 98 valence electrons. The van der Waals surface area contributed by atoms with Crippen LogP contribution in [0, 0.1) is 5.82 Å². The van der Waals surface area contributed by atoms with Crippen molar-refractivity contribution in [3.63, 3.8) is 0 Å². The first-order valence-corrected chi connectivity index (χ1v) is 7.11. The van der Waals surface area contributed by atoms with Crippen LogP contribution < -0.4 is 0 Å². The molecule has 2 aromatic carbocycles. The molecule has 0 spiro atoms. The Hall–Kier alpha value is -1.34. The van der Waals surface area contributed by atoms with Crippen LogP contribution in [0.2, 0.25) is 5.02 Å². The molecule has 1 aliphatic carbocycles. The third-order valence-electron chi connectivity index (χ3n) is 4.49. The van der Waals surface area contributed by atoms with Crippen LogP contribution in [0.25, 0.3) is 11.1 Å². The molecule has 0 unspecified atom stereocenters. The Kier molecular flexibility index (Phi) is 2.90. The number of hydrogen-bond donors (Lipinski definition) is 0. The summed E-state index contributed by atoms with van der Waals surface area (Å²) in [5.41, 5.74) is 3.93. The van der Waals surface area contributed by atoms with Gasteiger partial charge in [0, 0.05) is 16.0 Å². The minimum absolute atomic E-state index is 0.103. The maximum absolute atomic E-state index is 14.4. The van der Waals surface area contributed by atoms with Crippen LogP contribution in [0.5, 0.6) is 0 Å². The summed E-state index contributed by atoms with van der Waals surface area (Å²) in [6.45, 7) is 4.24. The first kappa shape index (κ1) is 12.7. The molecule has 0 bridgehead atoms. The molecule has 0 saturated carbocycles. The van der Waals surface area contributed by atoms with Crippen molar-refractivity contribution < 1.29 is 4.39 Å². The monoisotopic (exact) mass is 274 g/mol. The van der Waals surface area contributed by atoms with Crippen molar-refractivity contribution in [2.45, 2.75) is 32.1 Å². The average Bonchev–Trinajstić information content (AvgIpc) is 2.70. The predicted molar refractivity (Wildman–Crippen MR) is 78.2 cm³/mol. The van der Waals surface area contributed by atoms with Gasteiger partial charge in [-0.15, -0.1) is 0 Å². The maximum atomic E-state index is 14.4. The van der Waals surface area contributed by atoms with E-state index >= 15 is 0 Å².